The topological polar surface area (TPSA) is 162 Å². The number of aromatic nitrogens is 6. The normalized spacial score (nSPS) is 16.1. The van der Waals surface area contributed by atoms with Crippen LogP contribution in [0.5, 0.6) is 11.5 Å². The quantitative estimate of drug-likeness (QED) is 0.0850. The largest absolute Gasteiger partial charge is 0.573 e. The predicted molar refractivity (Wildman–Crippen MR) is 218 cm³/mol. The first-order valence-electron chi connectivity index (χ1n) is 20.2. The number of ether oxygens (including phenoxy) is 2. The summed E-state index contributed by atoms with van der Waals surface area (Å²) >= 11 is 0. The Kier molecular flexibility index (Phi) is 13.2. The zero-order valence-electron chi connectivity index (χ0n) is 35.6. The van der Waals surface area contributed by atoms with E-state index in [0.29, 0.717) is 46.4 Å². The Morgan fingerprint density at radius 3 is 1.51 bits per heavy atom. The van der Waals surface area contributed by atoms with E-state index in [1.54, 1.807) is 0 Å². The second-order valence-electron chi connectivity index (χ2n) is 15.6. The molecule has 3 N–H and O–H groups in total. The van der Waals surface area contributed by atoms with Crippen LogP contribution >= 0.6 is 0 Å². The monoisotopic (exact) mass is 1030 g/mol. The highest BCUT2D eigenvalue weighted by molar-refractivity contribution is 5.64. The van der Waals surface area contributed by atoms with Crippen molar-refractivity contribution in [1.82, 2.24) is 35.2 Å². The van der Waals surface area contributed by atoms with E-state index >= 15 is 30.7 Å². The smallest absolute Gasteiger partial charge is 0.407 e. The second kappa shape index (κ2) is 18.7. The Morgan fingerprint density at radius 1 is 0.556 bits per heavy atom. The zero-order valence-corrected chi connectivity index (χ0v) is 35.6. The lowest BCUT2D eigenvalue weighted by molar-refractivity contribution is -0.801. The van der Waals surface area contributed by atoms with Gasteiger partial charge in [-0.2, -0.15) is 17.6 Å². The molecule has 1 aliphatic heterocycles. The van der Waals surface area contributed by atoms with Gasteiger partial charge in [0.05, 0.1) is 6.54 Å². The van der Waals surface area contributed by atoms with Crippen LogP contribution < -0.4 is 14.6 Å². The van der Waals surface area contributed by atoms with E-state index in [9.17, 15) is 40.9 Å². The van der Waals surface area contributed by atoms with Crippen molar-refractivity contribution in [2.75, 3.05) is 6.54 Å². The van der Waals surface area contributed by atoms with Crippen LogP contribution in [0.3, 0.4) is 0 Å². The fourth-order valence-corrected chi connectivity index (χ4v) is 7.41. The Hall–Kier alpha value is -7.82. The number of quaternary nitrogens is 1. The highest BCUT2D eigenvalue weighted by atomic mass is 19.4. The summed E-state index contributed by atoms with van der Waals surface area (Å²) in [5, 5.41) is 37.4. The number of halogens is 14. The van der Waals surface area contributed by atoms with Gasteiger partial charge in [-0.15, -0.1) is 31.4 Å². The Morgan fingerprint density at radius 2 is 1.06 bits per heavy atom. The van der Waals surface area contributed by atoms with Gasteiger partial charge in [0.25, 0.3) is 0 Å². The number of nitrogens with one attached hydrogen (secondary N) is 1. The molecule has 4 aromatic carbocycles. The molecule has 0 spiro atoms. The molecule has 0 aliphatic carbocycles. The van der Waals surface area contributed by atoms with Gasteiger partial charge in [-0.05, 0) is 70.1 Å². The number of hydrogen-bond acceptors (Lipinski definition) is 11. The second-order valence-corrected chi connectivity index (χ2v) is 15.6. The lowest BCUT2D eigenvalue weighted by atomic mass is 9.84. The lowest BCUT2D eigenvalue weighted by Gasteiger charge is -2.41. The number of β-amino-alcohol motifs (C(OH)–C–C–N with tert-alkyl or cyclic N) is 1. The minimum absolute atomic E-state index is 0.0626. The summed E-state index contributed by atoms with van der Waals surface area (Å²) in [5.74, 6) is -16.8. The molecule has 0 radical (unpaired) electrons. The van der Waals surface area contributed by atoms with Gasteiger partial charge in [0.1, 0.15) is 53.0 Å². The lowest BCUT2D eigenvalue weighted by Crippen LogP contribution is -2.97. The molecule has 1 aliphatic rings. The summed E-state index contributed by atoms with van der Waals surface area (Å²) < 4.78 is 213. The minimum atomic E-state index is -5.00. The third-order valence-corrected chi connectivity index (χ3v) is 10.9. The standard InChI is InChI=1S/C44H28F14N10O4/c45-28-7-12-31(33(46)15-28)39(69,41(49,50)37-13-5-26(18-59-37)24-1-8-29(9-2-24)71-43(53,54)55)21-67-23-62-68(65-67)36-16-32(34(47)17-35(36)48)40(70,20-66-22-61-63-64-66)42(51,52)38-14-6-27(19-60-38)25-3-10-30(11-4-25)72-44(56,57)58/h1-19,22-23,68-70H,20-21H2/t39-,40+/m1/s1. The third-order valence-electron chi connectivity index (χ3n) is 10.9. The Labute approximate surface area is 393 Å². The molecule has 28 heteroatoms. The minimum Gasteiger partial charge on any atom is -0.407 e. The number of hydrogen-bond donors (Lipinski definition) is 3. The maximum Gasteiger partial charge on any atom is 0.573 e. The van der Waals surface area contributed by atoms with Crippen LogP contribution in [0, 0.1) is 23.3 Å². The van der Waals surface area contributed by atoms with E-state index in [2.05, 4.69) is 45.6 Å². The van der Waals surface area contributed by atoms with Gasteiger partial charge in [-0.1, -0.05) is 41.5 Å². The van der Waals surface area contributed by atoms with Crippen LogP contribution in [-0.2, 0) is 29.6 Å². The molecule has 0 bridgehead atoms. The molecule has 0 amide bonds. The van der Waals surface area contributed by atoms with Crippen molar-refractivity contribution in [3.63, 3.8) is 0 Å². The third kappa shape index (κ3) is 10.2. The zero-order chi connectivity index (χ0) is 52.0. The summed E-state index contributed by atoms with van der Waals surface area (Å²) in [6.45, 7) is -2.85. The van der Waals surface area contributed by atoms with Crippen molar-refractivity contribution < 1.29 is 86.3 Å². The van der Waals surface area contributed by atoms with Crippen LogP contribution in [0.25, 0.3) is 27.8 Å². The average Bonchev–Trinajstić information content (AvgIpc) is 4.01. The first-order chi connectivity index (χ1) is 33.8. The molecular weight excluding hydrogens is 999 g/mol. The summed E-state index contributed by atoms with van der Waals surface area (Å²) in [7, 11) is 0. The van der Waals surface area contributed by atoms with Crippen molar-refractivity contribution in [3.05, 3.63) is 173 Å². The van der Waals surface area contributed by atoms with Crippen LogP contribution in [0.1, 0.15) is 22.5 Å². The van der Waals surface area contributed by atoms with Crippen LogP contribution in [0.15, 0.2) is 127 Å². The molecule has 0 saturated heterocycles. The van der Waals surface area contributed by atoms with Gasteiger partial charge < -0.3 is 30.2 Å². The molecule has 3 atom stereocenters. The molecule has 8 rings (SSSR count). The molecule has 0 saturated carbocycles. The maximum absolute atomic E-state index is 16.9. The van der Waals surface area contributed by atoms with Crippen molar-refractivity contribution in [2.24, 2.45) is 5.10 Å². The highest BCUT2D eigenvalue weighted by Crippen LogP contribution is 2.49. The fraction of sp³-hybridized carbons (Fsp3) is 0.182. The first-order valence-corrected chi connectivity index (χ1v) is 20.2. The van der Waals surface area contributed by atoms with Crippen LogP contribution in [0.2, 0.25) is 0 Å². The van der Waals surface area contributed by atoms with Gasteiger partial charge in [0.15, 0.2) is 22.7 Å². The molecule has 7 aromatic rings. The molecule has 0 fully saturated rings. The molecule has 72 heavy (non-hydrogen) atoms. The molecule has 14 nitrogen and oxygen atoms in total. The number of rotatable bonds is 15. The van der Waals surface area contributed by atoms with Crippen LogP contribution in [0.4, 0.5) is 67.2 Å². The molecule has 4 heterocycles. The summed E-state index contributed by atoms with van der Waals surface area (Å²) in [6, 6.07) is 13.5. The van der Waals surface area contributed by atoms with E-state index in [1.165, 1.54) is 0 Å². The SMILES string of the molecule is O[C@](CN1C=N[NH+](c2cc([C@@](O)(Cn3cnnn3)C(F)(F)c3ccc(-c4ccc(OC(F)(F)F)cc4)cn3)c(F)cc2F)[N-]1)(c1ccc(F)cc1F)C(F)(F)c1ccc(-c2ccc(OC(F)(F)F)cc2)cn1. The van der Waals surface area contributed by atoms with E-state index in [4.69, 9.17) is 0 Å². The summed E-state index contributed by atoms with van der Waals surface area (Å²) in [6.07, 6.45) is -6.92. The summed E-state index contributed by atoms with van der Waals surface area (Å²) in [4.78, 5) is 7.43. The molecular formula is C44H28F14N10O4. The molecule has 3 aromatic heterocycles. The number of pyridine rings is 2. The highest BCUT2D eigenvalue weighted by Gasteiger charge is 2.59. The van der Waals surface area contributed by atoms with Crippen molar-refractivity contribution in [3.8, 4) is 33.8 Å². The van der Waals surface area contributed by atoms with Gasteiger partial charge in [-0.25, -0.2) is 27.4 Å². The van der Waals surface area contributed by atoms with Crippen LogP contribution in [-0.4, -0.2) is 71.0 Å². The first kappa shape index (κ1) is 50.6. The van der Waals surface area contributed by atoms with Gasteiger partial charge in [0.2, 0.25) is 0 Å². The number of aliphatic hydroxyl groups is 2. The fourth-order valence-electron chi connectivity index (χ4n) is 7.41. The van der Waals surface area contributed by atoms with Gasteiger partial charge in [-0.3, -0.25) is 9.97 Å². The van der Waals surface area contributed by atoms with Crippen molar-refractivity contribution in [1.29, 1.82) is 0 Å². The number of benzene rings is 4. The summed E-state index contributed by atoms with van der Waals surface area (Å²) in [5.41, 5.74) is -9.17. The van der Waals surface area contributed by atoms with E-state index in [0.717, 1.165) is 79.4 Å². The van der Waals surface area contributed by atoms with E-state index < -0.39 is 117 Å². The Bertz CT molecular complexity index is 3080. The van der Waals surface area contributed by atoms with E-state index in [1.807, 2.05) is 0 Å². The predicted octanol–water partition coefficient (Wildman–Crippen LogP) is 8.49. The molecule has 1 unspecified atom stereocenters. The van der Waals surface area contributed by atoms with Gasteiger partial charge in [0, 0.05) is 59.4 Å². The number of nitrogens with zero attached hydrogens (tertiary/aromatic N) is 9. The average molecular weight is 1030 g/mol. The maximum atomic E-state index is 16.9. The van der Waals surface area contributed by atoms with E-state index in [-0.39, 0.29) is 34.4 Å². The number of tetrazole rings is 1. The van der Waals surface area contributed by atoms with Crippen molar-refractivity contribution >= 4 is 12.0 Å². The van der Waals surface area contributed by atoms with Crippen molar-refractivity contribution in [2.45, 2.75) is 42.3 Å². The van der Waals surface area contributed by atoms with Gasteiger partial charge >= 0.3 is 24.6 Å². The molecule has 376 valence electrons. The number of alkyl halides is 10. The Balaban J connectivity index is 1.08.